The van der Waals surface area contributed by atoms with Crippen LogP contribution in [0, 0.1) is 28.5 Å². The number of nitrogens with one attached hydrogen (secondary N) is 3. The average Bonchev–Trinajstić information content (AvgIpc) is 3.58. The van der Waals surface area contributed by atoms with E-state index in [4.69, 9.17) is 4.74 Å². The van der Waals surface area contributed by atoms with Gasteiger partial charge in [0.25, 0.3) is 5.91 Å². The molecule has 2 saturated heterocycles. The van der Waals surface area contributed by atoms with Crippen LogP contribution >= 0.6 is 0 Å². The van der Waals surface area contributed by atoms with Crippen molar-refractivity contribution in [1.29, 1.82) is 5.26 Å². The maximum atomic E-state index is 14.5. The highest BCUT2D eigenvalue weighted by Crippen LogP contribution is 2.47. The van der Waals surface area contributed by atoms with E-state index in [1.165, 1.54) is 19.2 Å². The first-order valence-corrected chi connectivity index (χ1v) is 13.7. The van der Waals surface area contributed by atoms with E-state index < -0.39 is 23.8 Å². The fourth-order valence-electron chi connectivity index (χ4n) is 6.86. The van der Waals surface area contributed by atoms with Gasteiger partial charge in [0.2, 0.25) is 11.8 Å². The number of halogens is 1. The van der Waals surface area contributed by atoms with Crippen molar-refractivity contribution < 1.29 is 23.5 Å². The molecule has 2 aliphatic heterocycles. The summed E-state index contributed by atoms with van der Waals surface area (Å²) in [5, 5.41) is 16.0. The number of ether oxygens (including phenoxy) is 1. The number of methoxy groups -OCH3 is 1. The SMILES string of the molecule is COc1ccc(F)c2[nH]c(C(=O)N3CC4(CCCCC4)CC3C(=O)N[C@H](C#N)C[C@@H]3CC(C)(C)NC3=O)cc12. The predicted octanol–water partition coefficient (Wildman–Crippen LogP) is 3.79. The van der Waals surface area contributed by atoms with Gasteiger partial charge in [-0.25, -0.2) is 4.39 Å². The number of amides is 3. The number of fused-ring (bicyclic) bond motifs is 1. The van der Waals surface area contributed by atoms with Gasteiger partial charge in [-0.05, 0) is 69.6 Å². The quantitative estimate of drug-likeness (QED) is 0.517. The molecule has 1 aromatic carbocycles. The number of hydrogen-bond donors (Lipinski definition) is 3. The number of benzene rings is 1. The Balaban J connectivity index is 1.39. The van der Waals surface area contributed by atoms with E-state index in [1.54, 1.807) is 11.0 Å². The smallest absolute Gasteiger partial charge is 0.271 e. The molecule has 1 spiro atoms. The molecule has 208 valence electrons. The van der Waals surface area contributed by atoms with Crippen LogP contribution in [0.4, 0.5) is 4.39 Å². The number of H-pyrrole nitrogens is 1. The van der Waals surface area contributed by atoms with Gasteiger partial charge in [0.1, 0.15) is 29.3 Å². The minimum absolute atomic E-state index is 0.116. The molecule has 1 saturated carbocycles. The van der Waals surface area contributed by atoms with Crippen molar-refractivity contribution in [2.45, 2.75) is 82.8 Å². The van der Waals surface area contributed by atoms with E-state index in [1.807, 2.05) is 13.8 Å². The predicted molar refractivity (Wildman–Crippen MR) is 142 cm³/mol. The van der Waals surface area contributed by atoms with Gasteiger partial charge < -0.3 is 25.3 Å². The third-order valence-electron chi connectivity index (χ3n) is 8.72. The van der Waals surface area contributed by atoms with Crippen molar-refractivity contribution in [2.75, 3.05) is 13.7 Å². The van der Waals surface area contributed by atoms with Gasteiger partial charge >= 0.3 is 0 Å². The number of rotatable bonds is 6. The summed E-state index contributed by atoms with van der Waals surface area (Å²) in [6.07, 6.45) is 6.37. The lowest BCUT2D eigenvalue weighted by Crippen LogP contribution is -2.49. The summed E-state index contributed by atoms with van der Waals surface area (Å²) in [6, 6.07) is 4.88. The highest BCUT2D eigenvalue weighted by molar-refractivity contribution is 6.02. The molecule has 3 aliphatic rings. The topological polar surface area (TPSA) is 127 Å². The highest BCUT2D eigenvalue weighted by Gasteiger charge is 2.49. The Bertz CT molecular complexity index is 1340. The average molecular weight is 538 g/mol. The summed E-state index contributed by atoms with van der Waals surface area (Å²) in [4.78, 5) is 44.4. The number of hydrogen-bond acceptors (Lipinski definition) is 5. The zero-order valence-electron chi connectivity index (χ0n) is 22.7. The first-order valence-electron chi connectivity index (χ1n) is 13.7. The molecule has 3 N–H and O–H groups in total. The number of likely N-dealkylation sites (tertiary alicyclic amines) is 1. The van der Waals surface area contributed by atoms with Gasteiger partial charge in [-0.2, -0.15) is 5.26 Å². The van der Waals surface area contributed by atoms with Crippen molar-refractivity contribution >= 4 is 28.6 Å². The molecule has 1 unspecified atom stereocenters. The zero-order valence-corrected chi connectivity index (χ0v) is 22.7. The van der Waals surface area contributed by atoms with Gasteiger partial charge in [0.15, 0.2) is 0 Å². The van der Waals surface area contributed by atoms with Crippen molar-refractivity contribution in [1.82, 2.24) is 20.5 Å². The third kappa shape index (κ3) is 5.19. The Morgan fingerprint density at radius 2 is 2.00 bits per heavy atom. The Labute approximate surface area is 227 Å². The van der Waals surface area contributed by atoms with Crippen molar-refractivity contribution in [3.63, 3.8) is 0 Å². The van der Waals surface area contributed by atoms with Crippen LogP contribution in [-0.2, 0) is 9.59 Å². The summed E-state index contributed by atoms with van der Waals surface area (Å²) in [5.74, 6) is -1.32. The maximum absolute atomic E-state index is 14.5. The first-order chi connectivity index (χ1) is 18.5. The second-order valence-corrected chi connectivity index (χ2v) is 12.1. The Morgan fingerprint density at radius 3 is 2.64 bits per heavy atom. The van der Waals surface area contributed by atoms with Crippen molar-refractivity contribution in [3.05, 3.63) is 29.7 Å². The molecule has 0 bridgehead atoms. The Kier molecular flexibility index (Phi) is 7.04. The number of nitriles is 1. The highest BCUT2D eigenvalue weighted by atomic mass is 19.1. The van der Waals surface area contributed by atoms with Gasteiger partial charge in [-0.15, -0.1) is 0 Å². The van der Waals surface area contributed by atoms with E-state index in [-0.39, 0.29) is 46.3 Å². The molecular weight excluding hydrogens is 501 g/mol. The summed E-state index contributed by atoms with van der Waals surface area (Å²) in [6.45, 7) is 4.29. The second-order valence-electron chi connectivity index (χ2n) is 12.1. The number of aromatic nitrogens is 1. The maximum Gasteiger partial charge on any atom is 0.271 e. The normalized spacial score (nSPS) is 24.4. The Morgan fingerprint density at radius 1 is 1.26 bits per heavy atom. The molecular formula is C29H36FN5O4. The second kappa shape index (κ2) is 10.2. The lowest BCUT2D eigenvalue weighted by atomic mass is 9.72. The third-order valence-corrected chi connectivity index (χ3v) is 8.72. The molecule has 10 heteroatoms. The van der Waals surface area contributed by atoms with Gasteiger partial charge in [-0.1, -0.05) is 19.3 Å². The summed E-state index contributed by atoms with van der Waals surface area (Å²) in [5.41, 5.74) is -0.161. The van der Waals surface area contributed by atoms with Crippen LogP contribution in [0.15, 0.2) is 18.2 Å². The molecule has 2 aromatic rings. The van der Waals surface area contributed by atoms with E-state index in [2.05, 4.69) is 21.7 Å². The molecule has 0 radical (unpaired) electrons. The standard InChI is InChI=1S/C29H36FN5O4/c1-28(2)13-17(25(36)34-28)11-18(15-31)32-26(37)22-14-29(9-5-4-6-10-29)16-35(22)27(38)21-12-19-23(39-3)8-7-20(30)24(19)33-21/h7-8,12,17-18,22,33H,4-6,9-11,13-14,16H2,1-3H3,(H,32,37)(H,34,36)/t17-,18+,22?/m1/s1. The van der Waals surface area contributed by atoms with Crippen molar-refractivity contribution in [3.8, 4) is 11.8 Å². The molecule has 1 aliphatic carbocycles. The van der Waals surface area contributed by atoms with Crippen LogP contribution in [0.25, 0.3) is 10.9 Å². The fourth-order valence-corrected chi connectivity index (χ4v) is 6.86. The number of aromatic amines is 1. The monoisotopic (exact) mass is 537 g/mol. The first kappa shape index (κ1) is 27.0. The summed E-state index contributed by atoms with van der Waals surface area (Å²) in [7, 11) is 1.48. The summed E-state index contributed by atoms with van der Waals surface area (Å²) < 4.78 is 19.9. The van der Waals surface area contributed by atoms with Gasteiger partial charge in [0, 0.05) is 23.4 Å². The van der Waals surface area contributed by atoms with Crippen LogP contribution in [0.1, 0.15) is 75.7 Å². The summed E-state index contributed by atoms with van der Waals surface area (Å²) >= 11 is 0. The van der Waals surface area contributed by atoms with Gasteiger partial charge in [0.05, 0.1) is 18.7 Å². The van der Waals surface area contributed by atoms with E-state index in [0.717, 1.165) is 32.1 Å². The van der Waals surface area contributed by atoms with E-state index in [9.17, 15) is 24.0 Å². The zero-order chi connectivity index (χ0) is 27.9. The fraction of sp³-hybridized carbons (Fsp3) is 0.586. The van der Waals surface area contributed by atoms with Crippen LogP contribution in [-0.4, -0.2) is 58.9 Å². The Hall–Kier alpha value is -3.61. The van der Waals surface area contributed by atoms with E-state index in [0.29, 0.717) is 30.5 Å². The van der Waals surface area contributed by atoms with Crippen LogP contribution in [0.3, 0.4) is 0 Å². The van der Waals surface area contributed by atoms with Crippen LogP contribution in [0.5, 0.6) is 5.75 Å². The van der Waals surface area contributed by atoms with Gasteiger partial charge in [-0.3, -0.25) is 14.4 Å². The molecule has 1 aromatic heterocycles. The number of nitrogens with zero attached hydrogens (tertiary/aromatic N) is 2. The van der Waals surface area contributed by atoms with E-state index >= 15 is 0 Å². The molecule has 39 heavy (non-hydrogen) atoms. The molecule has 3 fully saturated rings. The minimum atomic E-state index is -0.853. The minimum Gasteiger partial charge on any atom is -0.496 e. The van der Waals surface area contributed by atoms with Crippen molar-refractivity contribution in [2.24, 2.45) is 11.3 Å². The molecule has 3 atom stereocenters. The molecule has 3 heterocycles. The molecule has 3 amide bonds. The lowest BCUT2D eigenvalue weighted by molar-refractivity contribution is -0.126. The van der Waals surface area contributed by atoms with Crippen LogP contribution < -0.4 is 15.4 Å². The number of carbonyl (C=O) groups is 3. The lowest BCUT2D eigenvalue weighted by Gasteiger charge is -2.32. The largest absolute Gasteiger partial charge is 0.496 e. The molecule has 9 nitrogen and oxygen atoms in total. The van der Waals surface area contributed by atoms with Crippen LogP contribution in [0.2, 0.25) is 0 Å². The molecule has 5 rings (SSSR count). The number of carbonyl (C=O) groups excluding carboxylic acids is 3.